The quantitative estimate of drug-likeness (QED) is 0.819. The maximum atomic E-state index is 13.4. The number of aromatic nitrogens is 3. The lowest BCUT2D eigenvalue weighted by molar-refractivity contribution is 0.231. The predicted molar refractivity (Wildman–Crippen MR) is 54.0 cm³/mol. The average Bonchev–Trinajstić information content (AvgIpc) is 2.72. The first-order chi connectivity index (χ1) is 7.69. The first-order valence-corrected chi connectivity index (χ1v) is 4.73. The van der Waals surface area contributed by atoms with Crippen LogP contribution in [0.2, 0.25) is 0 Å². The van der Waals surface area contributed by atoms with Gasteiger partial charge in [-0.2, -0.15) is 5.26 Å². The summed E-state index contributed by atoms with van der Waals surface area (Å²) in [6.07, 6.45) is 0. The third-order valence-corrected chi connectivity index (χ3v) is 2.38. The van der Waals surface area contributed by atoms with E-state index in [-0.39, 0.29) is 18.2 Å². The first-order valence-electron chi connectivity index (χ1n) is 4.73. The predicted octanol–water partition coefficient (Wildman–Crippen LogP) is 0.995. The second-order valence-corrected chi connectivity index (χ2v) is 3.47. The first kappa shape index (κ1) is 10.5. The van der Waals surface area contributed by atoms with Gasteiger partial charge in [-0.15, -0.1) is 5.10 Å². The number of nitriles is 1. The lowest BCUT2D eigenvalue weighted by Gasteiger charge is -2.09. The van der Waals surface area contributed by atoms with Gasteiger partial charge in [-0.3, -0.25) is 0 Å². The number of aliphatic hydroxyl groups excluding tert-OH is 1. The van der Waals surface area contributed by atoms with Crippen LogP contribution in [0.1, 0.15) is 18.5 Å². The normalized spacial score (nSPS) is 12.6. The van der Waals surface area contributed by atoms with E-state index in [1.165, 1.54) is 16.8 Å². The Hall–Kier alpha value is -2.00. The molecule has 0 amide bonds. The van der Waals surface area contributed by atoms with Crippen LogP contribution in [0.4, 0.5) is 4.39 Å². The van der Waals surface area contributed by atoms with E-state index in [1.54, 1.807) is 13.0 Å². The monoisotopic (exact) mass is 220 g/mol. The molecule has 1 atom stereocenters. The van der Waals surface area contributed by atoms with Gasteiger partial charge < -0.3 is 5.11 Å². The molecule has 1 unspecified atom stereocenters. The van der Waals surface area contributed by atoms with E-state index in [0.29, 0.717) is 11.0 Å². The summed E-state index contributed by atoms with van der Waals surface area (Å²) in [5.41, 5.74) is 0.671. The number of hydrogen-bond acceptors (Lipinski definition) is 4. The molecule has 1 aromatic carbocycles. The fraction of sp³-hybridized carbons (Fsp3) is 0.300. The molecule has 2 rings (SSSR count). The minimum Gasteiger partial charge on any atom is -0.394 e. The topological polar surface area (TPSA) is 74.7 Å². The Labute approximate surface area is 90.7 Å². The largest absolute Gasteiger partial charge is 0.394 e. The van der Waals surface area contributed by atoms with Crippen LogP contribution in [0.25, 0.3) is 11.0 Å². The second-order valence-electron chi connectivity index (χ2n) is 3.47. The third-order valence-electron chi connectivity index (χ3n) is 2.38. The molecular formula is C10H9FN4O. The summed E-state index contributed by atoms with van der Waals surface area (Å²) in [5.74, 6) is -0.608. The van der Waals surface area contributed by atoms with Crippen molar-refractivity contribution in [1.29, 1.82) is 5.26 Å². The van der Waals surface area contributed by atoms with E-state index in [4.69, 9.17) is 10.4 Å². The summed E-state index contributed by atoms with van der Waals surface area (Å²) in [7, 11) is 0. The molecule has 0 fully saturated rings. The summed E-state index contributed by atoms with van der Waals surface area (Å²) in [4.78, 5) is 0. The molecule has 1 N–H and O–H groups in total. The van der Waals surface area contributed by atoms with Crippen molar-refractivity contribution in [2.45, 2.75) is 13.0 Å². The number of benzene rings is 1. The fourth-order valence-electron chi connectivity index (χ4n) is 1.50. The summed E-state index contributed by atoms with van der Waals surface area (Å²) in [6.45, 7) is 1.56. The summed E-state index contributed by atoms with van der Waals surface area (Å²) in [5, 5.41) is 25.6. The minimum absolute atomic E-state index is 0.0946. The van der Waals surface area contributed by atoms with Crippen LogP contribution in [0.5, 0.6) is 0 Å². The molecule has 0 saturated heterocycles. The van der Waals surface area contributed by atoms with Crippen molar-refractivity contribution in [2.75, 3.05) is 6.61 Å². The van der Waals surface area contributed by atoms with Crippen LogP contribution < -0.4 is 0 Å². The van der Waals surface area contributed by atoms with Crippen LogP contribution in [0, 0.1) is 17.1 Å². The third kappa shape index (κ3) is 1.42. The van der Waals surface area contributed by atoms with Gasteiger partial charge in [0, 0.05) is 0 Å². The molecule has 1 heterocycles. The Morgan fingerprint density at radius 3 is 3.00 bits per heavy atom. The standard InChI is InChI=1S/C10H9FN4O/c1-6(5-16)15-10-7(4-12)8(11)2-3-9(10)13-14-15/h2-3,6,16H,5H2,1H3. The number of hydrogen-bond donors (Lipinski definition) is 1. The second kappa shape index (κ2) is 3.87. The van der Waals surface area contributed by atoms with Gasteiger partial charge in [0.25, 0.3) is 0 Å². The van der Waals surface area contributed by atoms with Gasteiger partial charge in [0.1, 0.15) is 28.5 Å². The highest BCUT2D eigenvalue weighted by atomic mass is 19.1. The van der Waals surface area contributed by atoms with Crippen molar-refractivity contribution in [2.24, 2.45) is 0 Å². The molecule has 6 heteroatoms. The minimum atomic E-state index is -0.608. The molecule has 0 aliphatic carbocycles. The molecule has 0 radical (unpaired) electrons. The molecule has 5 nitrogen and oxygen atoms in total. The van der Waals surface area contributed by atoms with Gasteiger partial charge in [-0.25, -0.2) is 9.07 Å². The van der Waals surface area contributed by atoms with E-state index < -0.39 is 5.82 Å². The van der Waals surface area contributed by atoms with Crippen molar-refractivity contribution < 1.29 is 9.50 Å². The molecule has 0 aliphatic heterocycles. The van der Waals surface area contributed by atoms with E-state index in [9.17, 15) is 4.39 Å². The van der Waals surface area contributed by atoms with E-state index in [0.717, 1.165) is 0 Å². The Kier molecular flexibility index (Phi) is 2.54. The maximum absolute atomic E-state index is 13.4. The highest BCUT2D eigenvalue weighted by Gasteiger charge is 2.16. The summed E-state index contributed by atoms with van der Waals surface area (Å²) >= 11 is 0. The summed E-state index contributed by atoms with van der Waals surface area (Å²) in [6, 6.07) is 4.08. The highest BCUT2D eigenvalue weighted by molar-refractivity contribution is 5.81. The number of aliphatic hydroxyl groups is 1. The van der Waals surface area contributed by atoms with E-state index in [2.05, 4.69) is 10.3 Å². The highest BCUT2D eigenvalue weighted by Crippen LogP contribution is 2.21. The van der Waals surface area contributed by atoms with Gasteiger partial charge in [0.2, 0.25) is 0 Å². The van der Waals surface area contributed by atoms with Crippen LogP contribution >= 0.6 is 0 Å². The molecular weight excluding hydrogens is 211 g/mol. The van der Waals surface area contributed by atoms with Crippen molar-refractivity contribution in [1.82, 2.24) is 15.0 Å². The molecule has 0 spiro atoms. The Balaban J connectivity index is 2.79. The van der Waals surface area contributed by atoms with Crippen LogP contribution in [0.15, 0.2) is 12.1 Å². The van der Waals surface area contributed by atoms with Gasteiger partial charge in [0.15, 0.2) is 0 Å². The zero-order chi connectivity index (χ0) is 11.7. The number of rotatable bonds is 2. The Morgan fingerprint density at radius 1 is 1.62 bits per heavy atom. The van der Waals surface area contributed by atoms with Crippen LogP contribution in [-0.2, 0) is 0 Å². The number of fused-ring (bicyclic) bond motifs is 1. The van der Waals surface area contributed by atoms with Gasteiger partial charge in [-0.1, -0.05) is 5.21 Å². The molecule has 0 saturated carbocycles. The molecule has 0 aliphatic rings. The van der Waals surface area contributed by atoms with Crippen molar-refractivity contribution in [3.05, 3.63) is 23.5 Å². The number of halogens is 1. The summed E-state index contributed by atoms with van der Waals surface area (Å²) < 4.78 is 14.7. The van der Waals surface area contributed by atoms with Crippen molar-refractivity contribution in [3.8, 4) is 6.07 Å². The maximum Gasteiger partial charge on any atom is 0.143 e. The molecule has 82 valence electrons. The molecule has 0 bridgehead atoms. The fourth-order valence-corrected chi connectivity index (χ4v) is 1.50. The van der Waals surface area contributed by atoms with Crippen molar-refractivity contribution in [3.63, 3.8) is 0 Å². The average molecular weight is 220 g/mol. The van der Waals surface area contributed by atoms with Gasteiger partial charge >= 0.3 is 0 Å². The lowest BCUT2D eigenvalue weighted by Crippen LogP contribution is -2.11. The van der Waals surface area contributed by atoms with Crippen molar-refractivity contribution >= 4 is 11.0 Å². The Bertz CT molecular complexity index is 572. The zero-order valence-corrected chi connectivity index (χ0v) is 8.55. The zero-order valence-electron chi connectivity index (χ0n) is 8.55. The smallest absolute Gasteiger partial charge is 0.143 e. The van der Waals surface area contributed by atoms with E-state index in [1.807, 2.05) is 0 Å². The Morgan fingerprint density at radius 2 is 2.38 bits per heavy atom. The molecule has 2 aromatic rings. The lowest BCUT2D eigenvalue weighted by atomic mass is 10.2. The van der Waals surface area contributed by atoms with E-state index >= 15 is 0 Å². The SMILES string of the molecule is CC(CO)n1nnc2ccc(F)c(C#N)c21. The number of nitrogens with zero attached hydrogens (tertiary/aromatic N) is 4. The van der Waals surface area contributed by atoms with Crippen LogP contribution in [0.3, 0.4) is 0 Å². The van der Waals surface area contributed by atoms with Crippen LogP contribution in [-0.4, -0.2) is 26.7 Å². The molecule has 1 aromatic heterocycles. The van der Waals surface area contributed by atoms with Gasteiger partial charge in [0.05, 0.1) is 12.6 Å². The molecule has 16 heavy (non-hydrogen) atoms. The van der Waals surface area contributed by atoms with Gasteiger partial charge in [-0.05, 0) is 19.1 Å².